The van der Waals surface area contributed by atoms with Gasteiger partial charge in [-0.05, 0) is 38.5 Å². The Hall–Kier alpha value is -1.37. The van der Waals surface area contributed by atoms with Crippen molar-refractivity contribution < 1.29 is 13.2 Å². The van der Waals surface area contributed by atoms with Crippen molar-refractivity contribution in [2.45, 2.75) is 62.7 Å². The van der Waals surface area contributed by atoms with Gasteiger partial charge < -0.3 is 4.90 Å². The van der Waals surface area contributed by atoms with Crippen molar-refractivity contribution in [3.63, 3.8) is 0 Å². The first-order valence-electron chi connectivity index (χ1n) is 8.41. The second-order valence-corrected chi connectivity index (χ2v) is 9.14. The Morgan fingerprint density at radius 1 is 1.17 bits per heavy atom. The molecule has 6 nitrogen and oxygen atoms in total. The number of nitrogens with one attached hydrogen (secondary N) is 1. The minimum atomic E-state index is -3.16. The number of fused-ring (bicyclic) bond motifs is 1. The smallest absolute Gasteiger partial charge is 0.274 e. The van der Waals surface area contributed by atoms with Crippen LogP contribution < -0.4 is 0 Å². The van der Waals surface area contributed by atoms with E-state index in [1.54, 1.807) is 11.9 Å². The molecule has 1 aromatic rings. The zero-order valence-corrected chi connectivity index (χ0v) is 14.7. The van der Waals surface area contributed by atoms with E-state index in [1.165, 1.54) is 6.26 Å². The van der Waals surface area contributed by atoms with Crippen LogP contribution in [0.25, 0.3) is 0 Å². The number of hydrogen-bond acceptors (Lipinski definition) is 4. The van der Waals surface area contributed by atoms with Crippen LogP contribution in [0.5, 0.6) is 0 Å². The van der Waals surface area contributed by atoms with Crippen molar-refractivity contribution in [2.75, 3.05) is 13.3 Å². The lowest BCUT2D eigenvalue weighted by molar-refractivity contribution is 0.0693. The molecular formula is C16H25N3O3S. The molecule has 2 atom stereocenters. The average molecular weight is 339 g/mol. The minimum Gasteiger partial charge on any atom is -0.336 e. The number of aryl methyl sites for hydroxylation is 1. The Balaban J connectivity index is 1.85. The summed E-state index contributed by atoms with van der Waals surface area (Å²) in [7, 11) is -1.44. The molecule has 0 unspecified atom stereocenters. The molecule has 0 aliphatic heterocycles. The highest BCUT2D eigenvalue weighted by molar-refractivity contribution is 7.91. The second-order valence-electron chi connectivity index (χ2n) is 6.87. The maximum atomic E-state index is 12.9. The van der Waals surface area contributed by atoms with Crippen LogP contribution in [0, 0.1) is 0 Å². The number of amides is 1. The van der Waals surface area contributed by atoms with Gasteiger partial charge in [0.1, 0.15) is 0 Å². The van der Waals surface area contributed by atoms with Gasteiger partial charge in [-0.1, -0.05) is 12.8 Å². The van der Waals surface area contributed by atoms with E-state index in [0.717, 1.165) is 56.2 Å². The molecule has 1 amide bonds. The number of H-pyrrole nitrogens is 1. The summed E-state index contributed by atoms with van der Waals surface area (Å²) in [6.45, 7) is 0. The third-order valence-electron chi connectivity index (χ3n) is 5.29. The highest BCUT2D eigenvalue weighted by Gasteiger charge is 2.38. The third-order valence-corrected chi connectivity index (χ3v) is 6.94. The first-order valence-corrected chi connectivity index (χ1v) is 10.4. The number of aromatic amines is 1. The molecule has 1 N–H and O–H groups in total. The van der Waals surface area contributed by atoms with Crippen molar-refractivity contribution in [1.82, 2.24) is 15.1 Å². The fourth-order valence-electron chi connectivity index (χ4n) is 4.00. The summed E-state index contributed by atoms with van der Waals surface area (Å²) in [4.78, 5) is 14.5. The van der Waals surface area contributed by atoms with Crippen LogP contribution in [-0.4, -0.2) is 54.0 Å². The Labute approximate surface area is 137 Å². The van der Waals surface area contributed by atoms with Gasteiger partial charge in [0, 0.05) is 30.6 Å². The molecule has 0 saturated heterocycles. The number of sulfone groups is 1. The van der Waals surface area contributed by atoms with Gasteiger partial charge in [-0.25, -0.2) is 8.42 Å². The van der Waals surface area contributed by atoms with Crippen molar-refractivity contribution in [1.29, 1.82) is 0 Å². The van der Waals surface area contributed by atoms with Crippen LogP contribution in [0.2, 0.25) is 0 Å². The van der Waals surface area contributed by atoms with E-state index < -0.39 is 15.1 Å². The summed E-state index contributed by atoms with van der Waals surface area (Å²) in [6.07, 6.45) is 8.55. The molecule has 2 aliphatic rings. The summed E-state index contributed by atoms with van der Waals surface area (Å²) in [5, 5.41) is 6.77. The van der Waals surface area contributed by atoms with Gasteiger partial charge in [0.25, 0.3) is 5.91 Å². The number of carbonyl (C=O) groups is 1. The minimum absolute atomic E-state index is 0.148. The van der Waals surface area contributed by atoms with Gasteiger partial charge >= 0.3 is 0 Å². The van der Waals surface area contributed by atoms with E-state index in [0.29, 0.717) is 12.1 Å². The molecule has 1 aromatic heterocycles. The molecule has 1 fully saturated rings. The van der Waals surface area contributed by atoms with Crippen molar-refractivity contribution in [2.24, 2.45) is 0 Å². The van der Waals surface area contributed by atoms with Crippen molar-refractivity contribution >= 4 is 15.7 Å². The van der Waals surface area contributed by atoms with Crippen LogP contribution in [0.1, 0.15) is 60.3 Å². The molecule has 0 spiro atoms. The second kappa shape index (κ2) is 6.26. The summed E-state index contributed by atoms with van der Waals surface area (Å²) < 4.78 is 24.2. The largest absolute Gasteiger partial charge is 0.336 e. The summed E-state index contributed by atoms with van der Waals surface area (Å²) in [5.41, 5.74) is 2.58. The lowest BCUT2D eigenvalue weighted by atomic mass is 9.92. The Kier molecular flexibility index (Phi) is 4.49. The number of rotatable bonds is 3. The number of nitrogens with zero attached hydrogens (tertiary/aromatic N) is 2. The lowest BCUT2D eigenvalue weighted by Crippen LogP contribution is -2.49. The standard InChI is InChI=1S/C16H25N3O3S/c1-19(13-9-5-6-10-14(13)23(2,21)22)16(20)15-11-7-3-4-8-12(11)17-18-15/h13-14H,3-10H2,1-2H3,(H,17,18)/t13-,14-/m1/s1. The first kappa shape index (κ1) is 16.5. The lowest BCUT2D eigenvalue weighted by Gasteiger charge is -2.36. The predicted octanol–water partition coefficient (Wildman–Crippen LogP) is 1.72. The Morgan fingerprint density at radius 3 is 2.61 bits per heavy atom. The molecule has 0 aromatic carbocycles. The highest BCUT2D eigenvalue weighted by atomic mass is 32.2. The van der Waals surface area contributed by atoms with Gasteiger partial charge in [-0.15, -0.1) is 0 Å². The normalized spacial score (nSPS) is 25.0. The summed E-state index contributed by atoms with van der Waals surface area (Å²) in [6, 6.07) is -0.248. The van der Waals surface area contributed by atoms with E-state index in [4.69, 9.17) is 0 Å². The summed E-state index contributed by atoms with van der Waals surface area (Å²) >= 11 is 0. The molecule has 0 radical (unpaired) electrons. The Bertz CT molecular complexity index is 695. The molecule has 2 aliphatic carbocycles. The molecule has 128 valence electrons. The average Bonchev–Trinajstić information content (AvgIpc) is 2.96. The SMILES string of the molecule is CN(C(=O)c1n[nH]c2c1CCCC2)[C@@H]1CCCC[C@H]1S(C)(=O)=O. The maximum Gasteiger partial charge on any atom is 0.274 e. The highest BCUT2D eigenvalue weighted by Crippen LogP contribution is 2.29. The van der Waals surface area contributed by atoms with Gasteiger partial charge in [-0.3, -0.25) is 9.89 Å². The molecule has 1 heterocycles. The number of hydrogen-bond donors (Lipinski definition) is 1. The van der Waals surface area contributed by atoms with Gasteiger partial charge in [0.15, 0.2) is 15.5 Å². The molecule has 1 saturated carbocycles. The van der Waals surface area contributed by atoms with E-state index in [1.807, 2.05) is 0 Å². The molecule has 0 bridgehead atoms. The zero-order chi connectivity index (χ0) is 16.6. The van der Waals surface area contributed by atoms with Crippen molar-refractivity contribution in [3.8, 4) is 0 Å². The van der Waals surface area contributed by atoms with E-state index in [-0.39, 0.29) is 11.9 Å². The van der Waals surface area contributed by atoms with Crippen LogP contribution >= 0.6 is 0 Å². The topological polar surface area (TPSA) is 83.1 Å². The van der Waals surface area contributed by atoms with E-state index in [9.17, 15) is 13.2 Å². The van der Waals surface area contributed by atoms with Crippen molar-refractivity contribution in [3.05, 3.63) is 17.0 Å². The fourth-order valence-corrected chi connectivity index (χ4v) is 5.48. The van der Waals surface area contributed by atoms with Crippen LogP contribution in [-0.2, 0) is 22.7 Å². The van der Waals surface area contributed by atoms with Gasteiger partial charge in [0.2, 0.25) is 0 Å². The van der Waals surface area contributed by atoms with Crippen LogP contribution in [0.4, 0.5) is 0 Å². The predicted molar refractivity (Wildman–Crippen MR) is 88.2 cm³/mol. The monoisotopic (exact) mass is 339 g/mol. The van der Waals surface area contributed by atoms with E-state index >= 15 is 0 Å². The fraction of sp³-hybridized carbons (Fsp3) is 0.750. The third kappa shape index (κ3) is 3.16. The zero-order valence-electron chi connectivity index (χ0n) is 13.8. The first-order chi connectivity index (χ1) is 10.9. The molecule has 23 heavy (non-hydrogen) atoms. The Morgan fingerprint density at radius 2 is 1.87 bits per heavy atom. The molecule has 3 rings (SSSR count). The molecule has 7 heteroatoms. The van der Waals surface area contributed by atoms with Crippen LogP contribution in [0.15, 0.2) is 0 Å². The summed E-state index contributed by atoms with van der Waals surface area (Å²) in [5.74, 6) is -0.148. The number of carbonyl (C=O) groups excluding carboxylic acids is 1. The van der Waals surface area contributed by atoms with Gasteiger partial charge in [0.05, 0.1) is 5.25 Å². The number of aromatic nitrogens is 2. The molecular weight excluding hydrogens is 314 g/mol. The van der Waals surface area contributed by atoms with Crippen LogP contribution in [0.3, 0.4) is 0 Å². The quantitative estimate of drug-likeness (QED) is 0.909. The van der Waals surface area contributed by atoms with Gasteiger partial charge in [-0.2, -0.15) is 5.10 Å². The maximum absolute atomic E-state index is 12.9. The van der Waals surface area contributed by atoms with E-state index in [2.05, 4.69) is 10.2 Å².